The van der Waals surface area contributed by atoms with Crippen LogP contribution in [0.1, 0.15) is 11.8 Å². The molecular weight excluding hydrogens is 144 g/mol. The van der Waals surface area contributed by atoms with Crippen molar-refractivity contribution in [2.24, 2.45) is 5.73 Å². The molecule has 0 saturated heterocycles. The molecule has 58 valence electrons. The molecule has 1 aromatic rings. The number of primary amides is 1. The van der Waals surface area contributed by atoms with E-state index in [0.717, 1.165) is 0 Å². The van der Waals surface area contributed by atoms with Crippen LogP contribution in [0.2, 0.25) is 0 Å². The highest BCUT2D eigenvalue weighted by molar-refractivity contribution is 5.79. The third-order valence-corrected chi connectivity index (χ3v) is 1.24. The Labute approximate surface area is 63.7 Å². The standard InChI is InChI=1S/C7H8N2O2/c8-7(11)6(10)5-3-1-2-4-9-5/h1-4,6,10H,(H2,8,11). The lowest BCUT2D eigenvalue weighted by Gasteiger charge is -2.03. The Kier molecular flexibility index (Phi) is 2.18. The van der Waals surface area contributed by atoms with Crippen LogP contribution in [0.3, 0.4) is 0 Å². The highest BCUT2D eigenvalue weighted by Gasteiger charge is 2.13. The molecule has 1 amide bonds. The van der Waals surface area contributed by atoms with Gasteiger partial charge in [-0.3, -0.25) is 9.78 Å². The minimum Gasteiger partial charge on any atom is -0.377 e. The molecule has 1 aromatic heterocycles. The lowest BCUT2D eigenvalue weighted by atomic mass is 10.2. The number of hydrogen-bond donors (Lipinski definition) is 2. The summed E-state index contributed by atoms with van der Waals surface area (Å²) in [6, 6.07) is 4.90. The molecule has 3 N–H and O–H groups in total. The van der Waals surface area contributed by atoms with E-state index in [4.69, 9.17) is 10.8 Å². The molecule has 0 aliphatic carbocycles. The minimum absolute atomic E-state index is 0.278. The zero-order chi connectivity index (χ0) is 8.27. The van der Waals surface area contributed by atoms with E-state index >= 15 is 0 Å². The summed E-state index contributed by atoms with van der Waals surface area (Å²) >= 11 is 0. The summed E-state index contributed by atoms with van der Waals surface area (Å²) in [7, 11) is 0. The van der Waals surface area contributed by atoms with Gasteiger partial charge in [-0.1, -0.05) is 6.07 Å². The van der Waals surface area contributed by atoms with Gasteiger partial charge in [-0.2, -0.15) is 0 Å². The predicted octanol–water partition coefficient (Wildman–Crippen LogP) is -0.400. The van der Waals surface area contributed by atoms with Gasteiger partial charge in [0, 0.05) is 6.20 Å². The molecule has 0 bridgehead atoms. The fraction of sp³-hybridized carbons (Fsp3) is 0.143. The molecule has 4 heteroatoms. The first kappa shape index (κ1) is 7.68. The van der Waals surface area contributed by atoms with Crippen molar-refractivity contribution in [3.8, 4) is 0 Å². The monoisotopic (exact) mass is 152 g/mol. The molecule has 0 saturated carbocycles. The Hall–Kier alpha value is -1.42. The minimum atomic E-state index is -1.30. The zero-order valence-electron chi connectivity index (χ0n) is 5.77. The average molecular weight is 152 g/mol. The van der Waals surface area contributed by atoms with Gasteiger partial charge in [0.15, 0.2) is 6.10 Å². The first-order valence-corrected chi connectivity index (χ1v) is 3.10. The highest BCUT2D eigenvalue weighted by atomic mass is 16.3. The van der Waals surface area contributed by atoms with Crippen LogP contribution in [0, 0.1) is 0 Å². The van der Waals surface area contributed by atoms with E-state index in [1.807, 2.05) is 0 Å². The molecule has 0 fully saturated rings. The van der Waals surface area contributed by atoms with Gasteiger partial charge < -0.3 is 10.8 Å². The molecule has 0 aliphatic heterocycles. The maximum Gasteiger partial charge on any atom is 0.252 e. The van der Waals surface area contributed by atoms with Gasteiger partial charge in [-0.15, -0.1) is 0 Å². The Morgan fingerprint density at radius 2 is 2.36 bits per heavy atom. The number of hydrogen-bond acceptors (Lipinski definition) is 3. The van der Waals surface area contributed by atoms with E-state index in [1.54, 1.807) is 12.1 Å². The Morgan fingerprint density at radius 3 is 2.82 bits per heavy atom. The van der Waals surface area contributed by atoms with Gasteiger partial charge >= 0.3 is 0 Å². The lowest BCUT2D eigenvalue weighted by Crippen LogP contribution is -2.21. The smallest absolute Gasteiger partial charge is 0.252 e. The fourth-order valence-electron chi connectivity index (χ4n) is 0.683. The number of carbonyl (C=O) groups is 1. The number of carbonyl (C=O) groups excluding carboxylic acids is 1. The Balaban J connectivity index is 2.85. The van der Waals surface area contributed by atoms with Crippen LogP contribution in [0.25, 0.3) is 0 Å². The number of nitrogens with zero attached hydrogens (tertiary/aromatic N) is 1. The van der Waals surface area contributed by atoms with Crippen molar-refractivity contribution in [1.29, 1.82) is 0 Å². The summed E-state index contributed by atoms with van der Waals surface area (Å²) in [5.41, 5.74) is 5.12. The molecule has 1 rings (SSSR count). The SMILES string of the molecule is NC(=O)C(O)c1ccccn1. The largest absolute Gasteiger partial charge is 0.377 e. The second-order valence-corrected chi connectivity index (χ2v) is 2.06. The highest BCUT2D eigenvalue weighted by Crippen LogP contribution is 2.06. The van der Waals surface area contributed by atoms with Gasteiger partial charge in [-0.25, -0.2) is 0 Å². The van der Waals surface area contributed by atoms with Crippen molar-refractivity contribution in [3.63, 3.8) is 0 Å². The lowest BCUT2D eigenvalue weighted by molar-refractivity contribution is -0.126. The van der Waals surface area contributed by atoms with Crippen molar-refractivity contribution in [3.05, 3.63) is 30.1 Å². The van der Waals surface area contributed by atoms with Crippen molar-refractivity contribution < 1.29 is 9.90 Å². The normalized spacial score (nSPS) is 12.5. The van der Waals surface area contributed by atoms with Gasteiger partial charge in [0.25, 0.3) is 5.91 Å². The number of pyridine rings is 1. The molecule has 0 aromatic carbocycles. The maximum atomic E-state index is 10.4. The van der Waals surface area contributed by atoms with E-state index in [-0.39, 0.29) is 5.69 Å². The number of aliphatic hydroxyl groups is 1. The maximum absolute atomic E-state index is 10.4. The summed E-state index contributed by atoms with van der Waals surface area (Å²) < 4.78 is 0. The first-order chi connectivity index (χ1) is 5.22. The van der Waals surface area contributed by atoms with Crippen LogP contribution in [-0.2, 0) is 4.79 Å². The van der Waals surface area contributed by atoms with Gasteiger partial charge in [-0.05, 0) is 12.1 Å². The second-order valence-electron chi connectivity index (χ2n) is 2.06. The third kappa shape index (κ3) is 1.75. The average Bonchev–Trinajstić information content (AvgIpc) is 2.05. The van der Waals surface area contributed by atoms with Gasteiger partial charge in [0.05, 0.1) is 5.69 Å². The third-order valence-electron chi connectivity index (χ3n) is 1.24. The van der Waals surface area contributed by atoms with Crippen LogP contribution in [-0.4, -0.2) is 16.0 Å². The number of rotatable bonds is 2. The number of amides is 1. The molecule has 1 heterocycles. The summed E-state index contributed by atoms with van der Waals surface area (Å²) in [5, 5.41) is 9.06. The summed E-state index contributed by atoms with van der Waals surface area (Å²) in [6.07, 6.45) is 0.192. The number of aromatic nitrogens is 1. The molecule has 0 aliphatic rings. The molecule has 0 spiro atoms. The van der Waals surface area contributed by atoms with Gasteiger partial charge in [0.2, 0.25) is 0 Å². The van der Waals surface area contributed by atoms with Crippen molar-refractivity contribution in [2.45, 2.75) is 6.10 Å². The topological polar surface area (TPSA) is 76.2 Å². The molecule has 1 atom stereocenters. The van der Waals surface area contributed by atoms with Crippen LogP contribution >= 0.6 is 0 Å². The van der Waals surface area contributed by atoms with Crippen LogP contribution in [0.5, 0.6) is 0 Å². The number of nitrogens with two attached hydrogens (primary N) is 1. The van der Waals surface area contributed by atoms with E-state index in [2.05, 4.69) is 4.98 Å². The van der Waals surface area contributed by atoms with Crippen LogP contribution in [0.4, 0.5) is 0 Å². The fourth-order valence-corrected chi connectivity index (χ4v) is 0.683. The Morgan fingerprint density at radius 1 is 1.64 bits per heavy atom. The second kappa shape index (κ2) is 3.12. The summed E-state index contributed by atoms with van der Waals surface area (Å²) in [4.78, 5) is 14.2. The van der Waals surface area contributed by atoms with E-state index in [1.165, 1.54) is 12.3 Å². The van der Waals surface area contributed by atoms with Crippen LogP contribution < -0.4 is 5.73 Å². The van der Waals surface area contributed by atoms with E-state index in [9.17, 15) is 4.79 Å². The summed E-state index contributed by atoms with van der Waals surface area (Å²) in [5.74, 6) is -0.788. The van der Waals surface area contributed by atoms with Gasteiger partial charge in [0.1, 0.15) is 0 Å². The first-order valence-electron chi connectivity index (χ1n) is 3.10. The predicted molar refractivity (Wildman–Crippen MR) is 38.4 cm³/mol. The van der Waals surface area contributed by atoms with E-state index in [0.29, 0.717) is 0 Å². The molecule has 1 unspecified atom stereocenters. The molecule has 11 heavy (non-hydrogen) atoms. The van der Waals surface area contributed by atoms with Crippen LogP contribution in [0.15, 0.2) is 24.4 Å². The molecule has 4 nitrogen and oxygen atoms in total. The van der Waals surface area contributed by atoms with E-state index < -0.39 is 12.0 Å². The van der Waals surface area contributed by atoms with Crippen molar-refractivity contribution >= 4 is 5.91 Å². The number of aliphatic hydroxyl groups excluding tert-OH is 1. The Bertz CT molecular complexity index is 248. The zero-order valence-corrected chi connectivity index (χ0v) is 5.77. The quantitative estimate of drug-likeness (QED) is 0.605. The molecule has 0 radical (unpaired) electrons. The van der Waals surface area contributed by atoms with Crippen molar-refractivity contribution in [2.75, 3.05) is 0 Å². The summed E-state index contributed by atoms with van der Waals surface area (Å²) in [6.45, 7) is 0. The van der Waals surface area contributed by atoms with Crippen molar-refractivity contribution in [1.82, 2.24) is 4.98 Å². The molecular formula is C7H8N2O2.